The average Bonchev–Trinajstić information content (AvgIpc) is 2.79. The third kappa shape index (κ3) is 7.07. The lowest BCUT2D eigenvalue weighted by atomic mass is 9.70. The molecule has 3 N–H and O–H groups in total. The Bertz CT molecular complexity index is 975. The van der Waals surface area contributed by atoms with Crippen molar-refractivity contribution < 1.29 is 14.3 Å². The zero-order valence-electron chi connectivity index (χ0n) is 19.8. The number of carbonyl (C=O) groups is 2. The van der Waals surface area contributed by atoms with Crippen LogP contribution < -0.4 is 20.7 Å². The summed E-state index contributed by atoms with van der Waals surface area (Å²) in [5, 5.41) is 8.75. The van der Waals surface area contributed by atoms with Gasteiger partial charge in [0, 0.05) is 30.9 Å². The van der Waals surface area contributed by atoms with Gasteiger partial charge < -0.3 is 20.7 Å². The molecule has 3 atom stereocenters. The molecule has 3 rings (SSSR count). The van der Waals surface area contributed by atoms with Crippen molar-refractivity contribution in [3.63, 3.8) is 0 Å². The molecule has 0 radical (unpaired) electrons. The van der Waals surface area contributed by atoms with Gasteiger partial charge in [0.05, 0.1) is 7.11 Å². The van der Waals surface area contributed by atoms with E-state index in [1.807, 2.05) is 30.3 Å². The molecule has 0 aliphatic heterocycles. The molecule has 0 spiro atoms. The van der Waals surface area contributed by atoms with Gasteiger partial charge in [-0.3, -0.25) is 4.79 Å². The van der Waals surface area contributed by atoms with Crippen LogP contribution in [0.2, 0.25) is 0 Å². The third-order valence-corrected chi connectivity index (χ3v) is 6.27. The Labute approximate surface area is 196 Å². The monoisotopic (exact) mass is 450 g/mol. The fraction of sp³-hybridized carbons (Fsp3) is 0.423. The fourth-order valence-corrected chi connectivity index (χ4v) is 4.45. The highest BCUT2D eigenvalue weighted by Gasteiger charge is 2.32. The molecule has 7 nitrogen and oxygen atoms in total. The number of rotatable bonds is 8. The van der Waals surface area contributed by atoms with Gasteiger partial charge in [-0.25, -0.2) is 9.78 Å². The summed E-state index contributed by atoms with van der Waals surface area (Å²) in [7, 11) is 1.60. The van der Waals surface area contributed by atoms with Crippen LogP contribution in [0.3, 0.4) is 0 Å². The quantitative estimate of drug-likeness (QED) is 0.488. The molecule has 7 heteroatoms. The van der Waals surface area contributed by atoms with E-state index in [0.717, 1.165) is 6.42 Å². The number of pyridine rings is 1. The molecule has 0 bridgehead atoms. The van der Waals surface area contributed by atoms with E-state index in [1.54, 1.807) is 25.4 Å². The summed E-state index contributed by atoms with van der Waals surface area (Å²) < 4.78 is 5.20. The number of anilines is 2. The van der Waals surface area contributed by atoms with Crippen LogP contribution in [0.5, 0.6) is 5.75 Å². The number of carbonyl (C=O) groups excluding carboxylic acids is 2. The van der Waals surface area contributed by atoms with Crippen molar-refractivity contribution in [1.29, 1.82) is 0 Å². The summed E-state index contributed by atoms with van der Waals surface area (Å²) in [6, 6.07) is 12.5. The molecule has 1 aliphatic carbocycles. The van der Waals surface area contributed by atoms with Gasteiger partial charge in [-0.05, 0) is 61.3 Å². The number of nitrogens with one attached hydrogen (secondary N) is 3. The molecule has 0 fully saturated rings. The van der Waals surface area contributed by atoms with E-state index in [-0.39, 0.29) is 23.8 Å². The number of ether oxygens (including phenoxy) is 1. The Hall–Kier alpha value is -3.35. The van der Waals surface area contributed by atoms with Crippen molar-refractivity contribution in [1.82, 2.24) is 10.3 Å². The van der Waals surface area contributed by atoms with Gasteiger partial charge in [-0.1, -0.05) is 37.6 Å². The minimum atomic E-state index is -0.242. The first kappa shape index (κ1) is 24.3. The fourth-order valence-electron chi connectivity index (χ4n) is 4.45. The van der Waals surface area contributed by atoms with Crippen molar-refractivity contribution in [2.75, 3.05) is 24.3 Å². The van der Waals surface area contributed by atoms with Gasteiger partial charge >= 0.3 is 6.03 Å². The number of urea groups is 1. The standard InChI is InChI=1S/C26H34N4O3/c1-17(2)23-13-19(14-25(31)30-24-10-5-6-11-27-24)18(3)12-20(23)16-28-26(32)29-21-8-7-9-22(15-21)33-4/h5-12,15,17,19-20,23H,13-14,16H2,1-4H3,(H,27,30,31)(H2,28,29,32)/t19-,20-,23-/m0/s1. The highest BCUT2D eigenvalue weighted by Crippen LogP contribution is 2.38. The molecule has 1 heterocycles. The maximum atomic E-state index is 12.6. The second-order valence-corrected chi connectivity index (χ2v) is 8.95. The van der Waals surface area contributed by atoms with Crippen LogP contribution in [0.4, 0.5) is 16.3 Å². The summed E-state index contributed by atoms with van der Waals surface area (Å²) >= 11 is 0. The molecule has 0 unspecified atom stereocenters. The minimum Gasteiger partial charge on any atom is -0.497 e. The zero-order chi connectivity index (χ0) is 23.8. The van der Waals surface area contributed by atoms with Crippen molar-refractivity contribution in [3.05, 3.63) is 60.3 Å². The minimum absolute atomic E-state index is 0.0248. The predicted octanol–water partition coefficient (Wildman–Crippen LogP) is 5.10. The summed E-state index contributed by atoms with van der Waals surface area (Å²) in [5.74, 6) is 2.45. The Morgan fingerprint density at radius 3 is 2.67 bits per heavy atom. The van der Waals surface area contributed by atoms with E-state index in [2.05, 4.69) is 47.8 Å². The number of aromatic nitrogens is 1. The lowest BCUT2D eigenvalue weighted by Gasteiger charge is -2.37. The van der Waals surface area contributed by atoms with E-state index in [1.165, 1.54) is 5.57 Å². The number of methoxy groups -OCH3 is 1. The van der Waals surface area contributed by atoms with Crippen LogP contribution in [0.1, 0.15) is 33.6 Å². The highest BCUT2D eigenvalue weighted by atomic mass is 16.5. The normalized spacial score (nSPS) is 20.0. The number of benzene rings is 1. The van der Waals surface area contributed by atoms with Gasteiger partial charge in [-0.15, -0.1) is 0 Å². The van der Waals surface area contributed by atoms with Crippen LogP contribution in [0, 0.1) is 23.7 Å². The summed E-state index contributed by atoms with van der Waals surface area (Å²) in [6.07, 6.45) is 5.25. The zero-order valence-corrected chi connectivity index (χ0v) is 19.8. The van der Waals surface area contributed by atoms with E-state index >= 15 is 0 Å². The lowest BCUT2D eigenvalue weighted by Crippen LogP contribution is -2.38. The second-order valence-electron chi connectivity index (χ2n) is 8.95. The summed E-state index contributed by atoms with van der Waals surface area (Å²) in [4.78, 5) is 29.2. The number of nitrogens with zero attached hydrogens (tertiary/aromatic N) is 1. The molecule has 3 amide bonds. The smallest absolute Gasteiger partial charge is 0.319 e. The first-order valence-corrected chi connectivity index (χ1v) is 11.4. The molecule has 176 valence electrons. The highest BCUT2D eigenvalue weighted by molar-refractivity contribution is 5.90. The maximum absolute atomic E-state index is 12.6. The van der Waals surface area contributed by atoms with Gasteiger partial charge in [0.25, 0.3) is 0 Å². The Morgan fingerprint density at radius 1 is 1.15 bits per heavy atom. The molecule has 1 aliphatic rings. The average molecular weight is 451 g/mol. The summed E-state index contributed by atoms with van der Waals surface area (Å²) in [5.41, 5.74) is 1.88. The molecule has 1 aromatic heterocycles. The van der Waals surface area contributed by atoms with Crippen LogP contribution in [0.15, 0.2) is 60.3 Å². The number of amides is 3. The molecular weight excluding hydrogens is 416 g/mol. The Balaban J connectivity index is 1.58. The third-order valence-electron chi connectivity index (χ3n) is 6.27. The van der Waals surface area contributed by atoms with Crippen molar-refractivity contribution in [3.8, 4) is 5.75 Å². The predicted molar refractivity (Wildman–Crippen MR) is 131 cm³/mol. The first-order valence-electron chi connectivity index (χ1n) is 11.4. The van der Waals surface area contributed by atoms with E-state index in [9.17, 15) is 9.59 Å². The molecule has 1 aromatic carbocycles. The van der Waals surface area contributed by atoms with Crippen molar-refractivity contribution in [2.45, 2.75) is 33.6 Å². The number of hydrogen-bond acceptors (Lipinski definition) is 4. The van der Waals surface area contributed by atoms with Crippen LogP contribution in [0.25, 0.3) is 0 Å². The van der Waals surface area contributed by atoms with Gasteiger partial charge in [0.1, 0.15) is 11.6 Å². The molecule has 33 heavy (non-hydrogen) atoms. The largest absolute Gasteiger partial charge is 0.497 e. The van der Waals surface area contributed by atoms with Gasteiger partial charge in [0.15, 0.2) is 0 Å². The van der Waals surface area contributed by atoms with E-state index in [4.69, 9.17) is 4.74 Å². The van der Waals surface area contributed by atoms with Crippen LogP contribution in [-0.2, 0) is 4.79 Å². The van der Waals surface area contributed by atoms with Crippen molar-refractivity contribution >= 4 is 23.4 Å². The SMILES string of the molecule is COc1cccc(NC(=O)NC[C@@H]2C=C(C)[C@H](CC(=O)Nc3ccccn3)C[C@H]2C(C)C)c1. The molecule has 0 saturated carbocycles. The van der Waals surface area contributed by atoms with Crippen molar-refractivity contribution in [2.24, 2.45) is 23.7 Å². The Morgan fingerprint density at radius 2 is 1.97 bits per heavy atom. The number of allylic oxidation sites excluding steroid dienone is 1. The molecule has 0 saturated heterocycles. The Kier molecular flexibility index (Phi) is 8.46. The summed E-state index contributed by atoms with van der Waals surface area (Å²) in [6.45, 7) is 7.03. The molecular formula is C26H34N4O3. The van der Waals surface area contributed by atoms with Crippen LogP contribution >= 0.6 is 0 Å². The second kappa shape index (κ2) is 11.5. The lowest BCUT2D eigenvalue weighted by molar-refractivity contribution is -0.117. The maximum Gasteiger partial charge on any atom is 0.319 e. The van der Waals surface area contributed by atoms with Gasteiger partial charge in [-0.2, -0.15) is 0 Å². The topological polar surface area (TPSA) is 92.4 Å². The van der Waals surface area contributed by atoms with E-state index < -0.39 is 0 Å². The van der Waals surface area contributed by atoms with Crippen LogP contribution in [-0.4, -0.2) is 30.6 Å². The van der Waals surface area contributed by atoms with Gasteiger partial charge in [0.2, 0.25) is 5.91 Å². The first-order chi connectivity index (χ1) is 15.9. The number of hydrogen-bond donors (Lipinski definition) is 3. The van der Waals surface area contributed by atoms with E-state index in [0.29, 0.717) is 42.1 Å². The molecule has 2 aromatic rings.